The number of benzene rings is 2. The Morgan fingerprint density at radius 3 is 2.65 bits per heavy atom. The number of rotatable bonds is 4. The predicted molar refractivity (Wildman–Crippen MR) is 80.7 cm³/mol. The SMILES string of the molecule is COc1cc(N(C)Cc2cccc(C)c2)c(N)cc1F. The van der Waals surface area contributed by atoms with Crippen LogP contribution in [0.4, 0.5) is 15.8 Å². The highest BCUT2D eigenvalue weighted by Crippen LogP contribution is 2.31. The molecule has 0 aromatic heterocycles. The van der Waals surface area contributed by atoms with Gasteiger partial charge in [-0.1, -0.05) is 29.8 Å². The Balaban J connectivity index is 2.27. The molecule has 0 atom stereocenters. The van der Waals surface area contributed by atoms with Crippen molar-refractivity contribution in [2.45, 2.75) is 13.5 Å². The molecular weight excluding hydrogens is 255 g/mol. The summed E-state index contributed by atoms with van der Waals surface area (Å²) in [5, 5.41) is 0. The molecule has 106 valence electrons. The molecule has 0 heterocycles. The lowest BCUT2D eigenvalue weighted by Gasteiger charge is -2.22. The third kappa shape index (κ3) is 3.02. The summed E-state index contributed by atoms with van der Waals surface area (Å²) in [5.41, 5.74) is 9.43. The molecule has 2 rings (SSSR count). The topological polar surface area (TPSA) is 38.5 Å². The Labute approximate surface area is 118 Å². The molecule has 2 aromatic rings. The second-order valence-corrected chi connectivity index (χ2v) is 4.89. The standard InChI is InChI=1S/C16H19FN2O/c1-11-5-4-6-12(7-11)10-19(2)15-9-16(20-3)13(17)8-14(15)18/h4-9H,10,18H2,1-3H3. The van der Waals surface area contributed by atoms with Gasteiger partial charge in [0.05, 0.1) is 18.5 Å². The Morgan fingerprint density at radius 2 is 2.00 bits per heavy atom. The van der Waals surface area contributed by atoms with Gasteiger partial charge in [-0.2, -0.15) is 0 Å². The lowest BCUT2D eigenvalue weighted by atomic mass is 10.1. The minimum absolute atomic E-state index is 0.199. The number of nitrogens with two attached hydrogens (primary N) is 1. The van der Waals surface area contributed by atoms with Crippen molar-refractivity contribution in [3.05, 3.63) is 53.3 Å². The molecule has 0 unspecified atom stereocenters. The molecule has 0 saturated heterocycles. The number of anilines is 2. The Bertz CT molecular complexity index is 613. The summed E-state index contributed by atoms with van der Waals surface area (Å²) in [7, 11) is 3.37. The second kappa shape index (κ2) is 5.82. The van der Waals surface area contributed by atoms with Crippen molar-refractivity contribution in [3.63, 3.8) is 0 Å². The van der Waals surface area contributed by atoms with E-state index in [0.29, 0.717) is 12.2 Å². The van der Waals surface area contributed by atoms with E-state index in [4.69, 9.17) is 10.5 Å². The number of hydrogen-bond acceptors (Lipinski definition) is 3. The van der Waals surface area contributed by atoms with E-state index in [9.17, 15) is 4.39 Å². The van der Waals surface area contributed by atoms with Gasteiger partial charge in [-0.3, -0.25) is 0 Å². The molecule has 0 aliphatic carbocycles. The number of methoxy groups -OCH3 is 1. The molecule has 0 amide bonds. The summed E-state index contributed by atoms with van der Waals surface area (Å²) in [4.78, 5) is 1.98. The van der Waals surface area contributed by atoms with Crippen molar-refractivity contribution in [2.75, 3.05) is 24.8 Å². The number of nitrogen functional groups attached to an aromatic ring is 1. The minimum atomic E-state index is -0.447. The quantitative estimate of drug-likeness (QED) is 0.869. The van der Waals surface area contributed by atoms with Crippen LogP contribution < -0.4 is 15.4 Å². The number of aryl methyl sites for hydroxylation is 1. The van der Waals surface area contributed by atoms with Crippen LogP contribution in [-0.4, -0.2) is 14.2 Å². The first-order valence-electron chi connectivity index (χ1n) is 6.41. The van der Waals surface area contributed by atoms with E-state index in [1.165, 1.54) is 24.3 Å². The maximum absolute atomic E-state index is 13.6. The van der Waals surface area contributed by atoms with Gasteiger partial charge in [-0.25, -0.2) is 4.39 Å². The Hall–Kier alpha value is -2.23. The smallest absolute Gasteiger partial charge is 0.167 e. The second-order valence-electron chi connectivity index (χ2n) is 4.89. The van der Waals surface area contributed by atoms with Crippen molar-refractivity contribution in [2.24, 2.45) is 0 Å². The van der Waals surface area contributed by atoms with Crippen LogP contribution in [0.25, 0.3) is 0 Å². The van der Waals surface area contributed by atoms with Crippen LogP contribution in [0.3, 0.4) is 0 Å². The fraction of sp³-hybridized carbons (Fsp3) is 0.250. The van der Waals surface area contributed by atoms with Gasteiger partial charge in [0.15, 0.2) is 11.6 Å². The van der Waals surface area contributed by atoms with Gasteiger partial charge in [0.25, 0.3) is 0 Å². The molecule has 2 N–H and O–H groups in total. The number of nitrogens with zero attached hydrogens (tertiary/aromatic N) is 1. The first-order chi connectivity index (χ1) is 9.51. The highest BCUT2D eigenvalue weighted by Gasteiger charge is 2.12. The van der Waals surface area contributed by atoms with Gasteiger partial charge >= 0.3 is 0 Å². The monoisotopic (exact) mass is 274 g/mol. The van der Waals surface area contributed by atoms with E-state index in [1.54, 1.807) is 6.07 Å². The average molecular weight is 274 g/mol. The Morgan fingerprint density at radius 1 is 1.25 bits per heavy atom. The fourth-order valence-corrected chi connectivity index (χ4v) is 2.21. The summed E-state index contributed by atoms with van der Waals surface area (Å²) in [6, 6.07) is 11.2. The molecule has 4 heteroatoms. The van der Waals surface area contributed by atoms with Gasteiger partial charge in [-0.05, 0) is 12.5 Å². The van der Waals surface area contributed by atoms with Crippen molar-refractivity contribution < 1.29 is 9.13 Å². The first-order valence-corrected chi connectivity index (χ1v) is 6.41. The van der Waals surface area contributed by atoms with Crippen molar-refractivity contribution >= 4 is 11.4 Å². The summed E-state index contributed by atoms with van der Waals surface area (Å²) in [6.07, 6.45) is 0. The molecule has 0 aliphatic rings. The van der Waals surface area contributed by atoms with E-state index in [2.05, 4.69) is 25.1 Å². The van der Waals surface area contributed by atoms with Crippen LogP contribution in [0.2, 0.25) is 0 Å². The van der Waals surface area contributed by atoms with Crippen LogP contribution >= 0.6 is 0 Å². The van der Waals surface area contributed by atoms with E-state index < -0.39 is 5.82 Å². The van der Waals surface area contributed by atoms with E-state index in [-0.39, 0.29) is 5.75 Å². The van der Waals surface area contributed by atoms with Crippen LogP contribution in [-0.2, 0) is 6.54 Å². The molecule has 0 radical (unpaired) electrons. The molecule has 20 heavy (non-hydrogen) atoms. The zero-order chi connectivity index (χ0) is 14.7. The molecule has 0 aliphatic heterocycles. The van der Waals surface area contributed by atoms with Gasteiger partial charge in [0.2, 0.25) is 0 Å². The third-order valence-electron chi connectivity index (χ3n) is 3.21. The van der Waals surface area contributed by atoms with E-state index in [1.807, 2.05) is 18.0 Å². The van der Waals surface area contributed by atoms with E-state index in [0.717, 1.165) is 5.69 Å². The summed E-state index contributed by atoms with van der Waals surface area (Å²) in [6.45, 7) is 2.75. The summed E-state index contributed by atoms with van der Waals surface area (Å²) < 4.78 is 18.6. The molecule has 0 spiro atoms. The van der Waals surface area contributed by atoms with E-state index >= 15 is 0 Å². The van der Waals surface area contributed by atoms with Gasteiger partial charge in [0.1, 0.15) is 0 Å². The normalized spacial score (nSPS) is 10.4. The lowest BCUT2D eigenvalue weighted by Crippen LogP contribution is -2.18. The number of hydrogen-bond donors (Lipinski definition) is 1. The van der Waals surface area contributed by atoms with Gasteiger partial charge < -0.3 is 15.4 Å². The number of ether oxygens (including phenoxy) is 1. The zero-order valence-corrected chi connectivity index (χ0v) is 12.0. The highest BCUT2D eigenvalue weighted by atomic mass is 19.1. The van der Waals surface area contributed by atoms with Crippen LogP contribution in [0, 0.1) is 12.7 Å². The van der Waals surface area contributed by atoms with Crippen molar-refractivity contribution in [3.8, 4) is 5.75 Å². The fourth-order valence-electron chi connectivity index (χ4n) is 2.21. The molecule has 0 saturated carbocycles. The molecular formula is C16H19FN2O. The summed E-state index contributed by atoms with van der Waals surface area (Å²) in [5.74, 6) is -0.247. The average Bonchev–Trinajstić information content (AvgIpc) is 2.38. The third-order valence-corrected chi connectivity index (χ3v) is 3.21. The van der Waals surface area contributed by atoms with Crippen LogP contribution in [0.15, 0.2) is 36.4 Å². The van der Waals surface area contributed by atoms with Crippen LogP contribution in [0.1, 0.15) is 11.1 Å². The molecule has 3 nitrogen and oxygen atoms in total. The predicted octanol–water partition coefficient (Wildman–Crippen LogP) is 3.36. The van der Waals surface area contributed by atoms with Crippen molar-refractivity contribution in [1.29, 1.82) is 0 Å². The largest absolute Gasteiger partial charge is 0.494 e. The van der Waals surface area contributed by atoms with Gasteiger partial charge in [-0.15, -0.1) is 0 Å². The lowest BCUT2D eigenvalue weighted by molar-refractivity contribution is 0.387. The molecule has 0 bridgehead atoms. The molecule has 2 aromatic carbocycles. The van der Waals surface area contributed by atoms with Crippen molar-refractivity contribution in [1.82, 2.24) is 0 Å². The van der Waals surface area contributed by atoms with Gasteiger partial charge in [0, 0.05) is 25.7 Å². The zero-order valence-electron chi connectivity index (χ0n) is 12.0. The highest BCUT2D eigenvalue weighted by molar-refractivity contribution is 5.69. The summed E-state index contributed by atoms with van der Waals surface area (Å²) >= 11 is 0. The van der Waals surface area contributed by atoms with Crippen LogP contribution in [0.5, 0.6) is 5.75 Å². The molecule has 0 fully saturated rings. The number of halogens is 1. The maximum atomic E-state index is 13.6. The minimum Gasteiger partial charge on any atom is -0.494 e. The first kappa shape index (κ1) is 14.2. The maximum Gasteiger partial charge on any atom is 0.167 e. The Kier molecular flexibility index (Phi) is 4.13.